The number of hydrogen-bond donors (Lipinski definition) is 1. The van der Waals surface area contributed by atoms with Crippen molar-refractivity contribution in [3.05, 3.63) is 70.5 Å². The fourth-order valence-corrected chi connectivity index (χ4v) is 3.70. The minimum Gasteiger partial charge on any atom is -0.497 e. The summed E-state index contributed by atoms with van der Waals surface area (Å²) in [5.41, 5.74) is 1.11. The van der Waals surface area contributed by atoms with E-state index in [0.29, 0.717) is 32.9 Å². The number of aromatic nitrogens is 3. The average molecular weight is 445 g/mol. The second-order valence-electron chi connectivity index (χ2n) is 6.54. The molecular formula is C21H21ClN4O3S. The Morgan fingerprint density at radius 3 is 2.37 bits per heavy atom. The van der Waals surface area contributed by atoms with Crippen LogP contribution in [0.4, 0.5) is 0 Å². The molecule has 1 unspecified atom stereocenters. The fourth-order valence-electron chi connectivity index (χ4n) is 2.77. The van der Waals surface area contributed by atoms with Crippen LogP contribution >= 0.6 is 23.4 Å². The molecule has 0 spiro atoms. The van der Waals surface area contributed by atoms with E-state index in [9.17, 15) is 9.59 Å². The number of ether oxygens (including phenoxy) is 1. The van der Waals surface area contributed by atoms with E-state index in [0.717, 1.165) is 0 Å². The number of carbonyl (C=O) groups excluding carboxylic acids is 2. The topological polar surface area (TPSA) is 86.1 Å². The highest BCUT2D eigenvalue weighted by atomic mass is 35.5. The summed E-state index contributed by atoms with van der Waals surface area (Å²) < 4.78 is 6.88. The molecule has 3 aromatic rings. The van der Waals surface area contributed by atoms with Crippen molar-refractivity contribution in [2.24, 2.45) is 7.05 Å². The molecule has 0 aliphatic rings. The van der Waals surface area contributed by atoms with Crippen LogP contribution in [0.3, 0.4) is 0 Å². The van der Waals surface area contributed by atoms with Crippen molar-refractivity contribution < 1.29 is 14.3 Å². The van der Waals surface area contributed by atoms with E-state index in [1.54, 1.807) is 67.3 Å². The van der Waals surface area contributed by atoms with E-state index in [1.165, 1.54) is 11.8 Å². The average Bonchev–Trinajstić information content (AvgIpc) is 3.12. The second-order valence-corrected chi connectivity index (χ2v) is 7.92. The molecule has 1 N–H and O–H groups in total. The Morgan fingerprint density at radius 2 is 1.73 bits per heavy atom. The van der Waals surface area contributed by atoms with Crippen molar-refractivity contribution in [1.29, 1.82) is 0 Å². The molecule has 0 aliphatic heterocycles. The molecule has 0 radical (unpaired) electrons. The Labute approximate surface area is 183 Å². The number of halogens is 1. The van der Waals surface area contributed by atoms with Crippen LogP contribution in [0.2, 0.25) is 5.02 Å². The van der Waals surface area contributed by atoms with Crippen LogP contribution in [-0.4, -0.2) is 39.3 Å². The number of nitrogens with one attached hydrogen (secondary N) is 1. The van der Waals surface area contributed by atoms with Gasteiger partial charge in [0.1, 0.15) is 5.75 Å². The number of Topliss-reactive ketones (excluding diaryl/α,β-unsaturated/α-hetero) is 1. The lowest BCUT2D eigenvalue weighted by molar-refractivity contribution is 0.0937. The Bertz CT molecular complexity index is 1040. The molecule has 0 saturated carbocycles. The van der Waals surface area contributed by atoms with Crippen LogP contribution in [0.1, 0.15) is 39.5 Å². The lowest BCUT2D eigenvalue weighted by Crippen LogP contribution is -2.28. The highest BCUT2D eigenvalue weighted by molar-refractivity contribution is 7.99. The van der Waals surface area contributed by atoms with Crippen molar-refractivity contribution in [3.63, 3.8) is 0 Å². The quantitative estimate of drug-likeness (QED) is 0.418. The molecule has 7 nitrogen and oxygen atoms in total. The van der Waals surface area contributed by atoms with E-state index < -0.39 is 0 Å². The van der Waals surface area contributed by atoms with Crippen LogP contribution in [0, 0.1) is 0 Å². The van der Waals surface area contributed by atoms with Gasteiger partial charge in [-0.15, -0.1) is 10.2 Å². The third-order valence-corrected chi connectivity index (χ3v) is 5.73. The van der Waals surface area contributed by atoms with Crippen LogP contribution in [0.15, 0.2) is 53.7 Å². The number of ketones is 1. The Hall–Kier alpha value is -2.84. The predicted molar refractivity (Wildman–Crippen MR) is 116 cm³/mol. The summed E-state index contributed by atoms with van der Waals surface area (Å²) in [6.07, 6.45) is 0. The van der Waals surface area contributed by atoms with Crippen molar-refractivity contribution in [2.45, 2.75) is 18.1 Å². The zero-order valence-electron chi connectivity index (χ0n) is 16.8. The number of thioether (sulfide) groups is 1. The number of benzene rings is 2. The summed E-state index contributed by atoms with van der Waals surface area (Å²) in [7, 11) is 3.39. The molecule has 0 bridgehead atoms. The van der Waals surface area contributed by atoms with Gasteiger partial charge in [0.25, 0.3) is 5.91 Å². The lowest BCUT2D eigenvalue weighted by Gasteiger charge is -2.13. The molecule has 156 valence electrons. The van der Waals surface area contributed by atoms with E-state index in [1.807, 2.05) is 6.92 Å². The van der Waals surface area contributed by atoms with Gasteiger partial charge in [0.05, 0.1) is 18.9 Å². The summed E-state index contributed by atoms with van der Waals surface area (Å²) in [6.45, 7) is 1.83. The molecule has 3 rings (SSSR count). The number of nitrogens with zero attached hydrogens (tertiary/aromatic N) is 3. The first-order valence-corrected chi connectivity index (χ1v) is 10.5. The molecule has 0 fully saturated rings. The van der Waals surface area contributed by atoms with Gasteiger partial charge < -0.3 is 14.6 Å². The number of amides is 1. The van der Waals surface area contributed by atoms with Crippen molar-refractivity contribution in [3.8, 4) is 5.75 Å². The van der Waals surface area contributed by atoms with Crippen LogP contribution in [0.25, 0.3) is 0 Å². The van der Waals surface area contributed by atoms with Crippen molar-refractivity contribution in [2.75, 3.05) is 12.9 Å². The van der Waals surface area contributed by atoms with Gasteiger partial charge in [-0.3, -0.25) is 9.59 Å². The summed E-state index contributed by atoms with van der Waals surface area (Å²) in [4.78, 5) is 24.8. The van der Waals surface area contributed by atoms with E-state index >= 15 is 0 Å². The van der Waals surface area contributed by atoms with Gasteiger partial charge in [-0.25, -0.2) is 0 Å². The standard InChI is InChI=1S/C21H21ClN4O3S/c1-13(23-20(28)15-4-8-16(22)9-5-15)19-24-25-21(26(19)2)30-12-18(27)14-6-10-17(29-3)11-7-14/h4-11,13H,12H2,1-3H3,(H,23,28). The second kappa shape index (κ2) is 9.77. The van der Waals surface area contributed by atoms with Crippen molar-refractivity contribution in [1.82, 2.24) is 20.1 Å². The molecule has 0 saturated heterocycles. The molecular weight excluding hydrogens is 424 g/mol. The van der Waals surface area contributed by atoms with Gasteiger partial charge in [0.2, 0.25) is 0 Å². The maximum atomic E-state index is 12.4. The van der Waals surface area contributed by atoms with Crippen LogP contribution in [0.5, 0.6) is 5.75 Å². The van der Waals surface area contributed by atoms with Crippen LogP contribution in [-0.2, 0) is 7.05 Å². The van der Waals surface area contributed by atoms with Crippen molar-refractivity contribution >= 4 is 35.1 Å². The Kier molecular flexibility index (Phi) is 7.12. The van der Waals surface area contributed by atoms with Gasteiger partial charge in [-0.2, -0.15) is 0 Å². The van der Waals surface area contributed by atoms with Gasteiger partial charge in [0, 0.05) is 23.2 Å². The summed E-state index contributed by atoms with van der Waals surface area (Å²) in [5.74, 6) is 1.27. The number of hydrogen-bond acceptors (Lipinski definition) is 6. The smallest absolute Gasteiger partial charge is 0.251 e. The van der Waals surface area contributed by atoms with Gasteiger partial charge in [-0.05, 0) is 55.5 Å². The maximum absolute atomic E-state index is 12.4. The summed E-state index contributed by atoms with van der Waals surface area (Å²) in [6, 6.07) is 13.3. The number of carbonyl (C=O) groups is 2. The first kappa shape index (κ1) is 21.9. The first-order chi connectivity index (χ1) is 14.4. The normalized spacial score (nSPS) is 11.7. The molecule has 1 heterocycles. The zero-order chi connectivity index (χ0) is 21.7. The molecule has 0 aliphatic carbocycles. The minimum absolute atomic E-state index is 0.0173. The van der Waals surface area contributed by atoms with Gasteiger partial charge >= 0.3 is 0 Å². The van der Waals surface area contributed by atoms with E-state index in [-0.39, 0.29) is 23.5 Å². The number of methoxy groups -OCH3 is 1. The Balaban J connectivity index is 1.61. The fraction of sp³-hybridized carbons (Fsp3) is 0.238. The van der Waals surface area contributed by atoms with Gasteiger partial charge in [-0.1, -0.05) is 23.4 Å². The van der Waals surface area contributed by atoms with Gasteiger partial charge in [0.15, 0.2) is 16.8 Å². The third kappa shape index (κ3) is 5.20. The van der Waals surface area contributed by atoms with E-state index in [2.05, 4.69) is 15.5 Å². The highest BCUT2D eigenvalue weighted by Gasteiger charge is 2.19. The highest BCUT2D eigenvalue weighted by Crippen LogP contribution is 2.21. The SMILES string of the molecule is COc1ccc(C(=O)CSc2nnc(C(C)NC(=O)c3ccc(Cl)cc3)n2C)cc1. The summed E-state index contributed by atoms with van der Waals surface area (Å²) >= 11 is 7.16. The monoisotopic (exact) mass is 444 g/mol. The zero-order valence-corrected chi connectivity index (χ0v) is 18.3. The first-order valence-electron chi connectivity index (χ1n) is 9.15. The minimum atomic E-state index is -0.364. The molecule has 1 atom stereocenters. The molecule has 1 aromatic heterocycles. The predicted octanol–water partition coefficient (Wildman–Crippen LogP) is 3.94. The molecule has 30 heavy (non-hydrogen) atoms. The van der Waals surface area contributed by atoms with Crippen LogP contribution < -0.4 is 10.1 Å². The number of rotatable bonds is 8. The van der Waals surface area contributed by atoms with E-state index in [4.69, 9.17) is 16.3 Å². The molecule has 2 aromatic carbocycles. The lowest BCUT2D eigenvalue weighted by atomic mass is 10.1. The summed E-state index contributed by atoms with van der Waals surface area (Å²) in [5, 5.41) is 12.4. The molecule has 9 heteroatoms. The largest absolute Gasteiger partial charge is 0.497 e. The molecule has 1 amide bonds. The Morgan fingerprint density at radius 1 is 1.10 bits per heavy atom. The maximum Gasteiger partial charge on any atom is 0.251 e. The third-order valence-electron chi connectivity index (χ3n) is 4.45.